The van der Waals surface area contributed by atoms with Crippen LogP contribution in [-0.2, 0) is 17.9 Å². The highest BCUT2D eigenvalue weighted by molar-refractivity contribution is 14.1. The zero-order chi connectivity index (χ0) is 24.7. The van der Waals surface area contributed by atoms with Crippen LogP contribution in [0.25, 0.3) is 6.08 Å². The van der Waals surface area contributed by atoms with Crippen LogP contribution in [-0.4, -0.2) is 13.0 Å². The van der Waals surface area contributed by atoms with Crippen LogP contribution >= 0.6 is 68.4 Å². The number of ether oxygens (including phenoxy) is 2. The van der Waals surface area contributed by atoms with E-state index in [0.29, 0.717) is 22.3 Å². The Morgan fingerprint density at radius 1 is 1.09 bits per heavy atom. The molecule has 0 unspecified atom stereocenters. The zero-order valence-corrected chi connectivity index (χ0v) is 23.7. The molecular formula is C25H18Cl2I2N2O3. The van der Waals surface area contributed by atoms with Gasteiger partial charge in [-0.15, -0.1) is 0 Å². The first kappa shape index (κ1) is 26.6. The molecule has 3 rings (SSSR count). The van der Waals surface area contributed by atoms with Gasteiger partial charge in [0.15, 0.2) is 0 Å². The van der Waals surface area contributed by atoms with Crippen molar-refractivity contribution in [2.24, 2.45) is 0 Å². The molecule has 174 valence electrons. The maximum Gasteiger partial charge on any atom is 0.262 e. The molecule has 0 saturated carbocycles. The topological polar surface area (TPSA) is 71.3 Å². The number of nitriles is 1. The standard InChI is InChI=1S/C25H18Cl2I2N2O3/c1-33-20-6-2-15(3-7-20)13-31-25(32)18(12-30)8-16-9-22(28)24(23(29)10-16)34-14-17-4-5-19(26)11-21(17)27/h2-11H,13-14H2,1H3,(H,31,32)/b18-8-. The van der Waals surface area contributed by atoms with Crippen LogP contribution in [0.1, 0.15) is 16.7 Å². The minimum Gasteiger partial charge on any atom is -0.497 e. The first-order valence-corrected chi connectivity index (χ1v) is 12.8. The Morgan fingerprint density at radius 2 is 1.76 bits per heavy atom. The van der Waals surface area contributed by atoms with Crippen molar-refractivity contribution in [2.45, 2.75) is 13.2 Å². The number of hydrogen-bond acceptors (Lipinski definition) is 4. The average molecular weight is 719 g/mol. The summed E-state index contributed by atoms with van der Waals surface area (Å²) in [5, 5.41) is 13.4. The van der Waals surface area contributed by atoms with Gasteiger partial charge in [-0.25, -0.2) is 0 Å². The molecule has 0 fully saturated rings. The van der Waals surface area contributed by atoms with E-state index in [-0.39, 0.29) is 12.2 Å². The van der Waals surface area contributed by atoms with E-state index in [1.807, 2.05) is 48.5 Å². The summed E-state index contributed by atoms with van der Waals surface area (Å²) in [5.41, 5.74) is 2.46. The molecule has 0 aliphatic heterocycles. The van der Waals surface area contributed by atoms with Crippen LogP contribution in [0.5, 0.6) is 11.5 Å². The third-order valence-corrected chi connectivity index (χ3v) is 6.89. The summed E-state index contributed by atoms with van der Waals surface area (Å²) in [6.07, 6.45) is 1.56. The lowest BCUT2D eigenvalue weighted by Crippen LogP contribution is -2.23. The van der Waals surface area contributed by atoms with Gasteiger partial charge in [0.1, 0.15) is 29.7 Å². The van der Waals surface area contributed by atoms with Crippen molar-refractivity contribution in [1.29, 1.82) is 5.26 Å². The van der Waals surface area contributed by atoms with E-state index in [2.05, 4.69) is 50.5 Å². The van der Waals surface area contributed by atoms with Crippen molar-refractivity contribution in [3.63, 3.8) is 0 Å². The van der Waals surface area contributed by atoms with E-state index >= 15 is 0 Å². The van der Waals surface area contributed by atoms with Crippen LogP contribution in [0.4, 0.5) is 0 Å². The fourth-order valence-electron chi connectivity index (χ4n) is 2.93. The minimum absolute atomic E-state index is 0.0155. The van der Waals surface area contributed by atoms with Crippen molar-refractivity contribution in [3.05, 3.63) is 94.0 Å². The van der Waals surface area contributed by atoms with Gasteiger partial charge in [0.05, 0.1) is 14.3 Å². The molecule has 0 aromatic heterocycles. The summed E-state index contributed by atoms with van der Waals surface area (Å²) in [5.74, 6) is 0.994. The van der Waals surface area contributed by atoms with E-state index < -0.39 is 5.91 Å². The number of carbonyl (C=O) groups is 1. The number of amides is 1. The lowest BCUT2D eigenvalue weighted by molar-refractivity contribution is -0.117. The Balaban J connectivity index is 1.70. The van der Waals surface area contributed by atoms with Gasteiger partial charge in [-0.1, -0.05) is 41.4 Å². The van der Waals surface area contributed by atoms with E-state index in [4.69, 9.17) is 32.7 Å². The highest BCUT2D eigenvalue weighted by Crippen LogP contribution is 2.31. The van der Waals surface area contributed by atoms with E-state index in [9.17, 15) is 10.1 Å². The second-order valence-electron chi connectivity index (χ2n) is 7.04. The van der Waals surface area contributed by atoms with Crippen LogP contribution in [0.15, 0.2) is 60.2 Å². The molecule has 0 saturated heterocycles. The normalized spacial score (nSPS) is 11.0. The lowest BCUT2D eigenvalue weighted by Gasteiger charge is -2.13. The molecule has 0 aliphatic carbocycles. The largest absolute Gasteiger partial charge is 0.497 e. The molecule has 1 N–H and O–H groups in total. The van der Waals surface area contributed by atoms with Crippen LogP contribution in [0.3, 0.4) is 0 Å². The smallest absolute Gasteiger partial charge is 0.262 e. The van der Waals surface area contributed by atoms with Gasteiger partial charge >= 0.3 is 0 Å². The van der Waals surface area contributed by atoms with E-state index in [0.717, 1.165) is 29.6 Å². The van der Waals surface area contributed by atoms with Gasteiger partial charge in [0.2, 0.25) is 0 Å². The molecule has 9 heteroatoms. The van der Waals surface area contributed by atoms with Gasteiger partial charge < -0.3 is 14.8 Å². The molecular weight excluding hydrogens is 701 g/mol. The lowest BCUT2D eigenvalue weighted by atomic mass is 10.1. The second-order valence-corrected chi connectivity index (χ2v) is 10.2. The number of methoxy groups -OCH3 is 1. The first-order chi connectivity index (χ1) is 16.3. The summed E-state index contributed by atoms with van der Waals surface area (Å²) in [7, 11) is 1.59. The number of nitrogens with zero attached hydrogens (tertiary/aromatic N) is 1. The SMILES string of the molecule is COc1ccc(CNC(=O)/C(C#N)=C\c2cc(I)c(OCc3ccc(Cl)cc3Cl)c(I)c2)cc1. The summed E-state index contributed by atoms with van der Waals surface area (Å²) >= 11 is 16.5. The van der Waals surface area contributed by atoms with Crippen molar-refractivity contribution < 1.29 is 14.3 Å². The Hall–Kier alpha value is -2.00. The molecule has 3 aromatic carbocycles. The monoisotopic (exact) mass is 718 g/mol. The summed E-state index contributed by atoms with van der Waals surface area (Å²) in [6.45, 7) is 0.589. The molecule has 34 heavy (non-hydrogen) atoms. The van der Waals surface area contributed by atoms with Gasteiger partial charge in [0.25, 0.3) is 5.91 Å². The maximum absolute atomic E-state index is 12.6. The highest BCUT2D eigenvalue weighted by atomic mass is 127. The van der Waals surface area contributed by atoms with Crippen molar-refractivity contribution in [1.82, 2.24) is 5.32 Å². The molecule has 0 heterocycles. The third-order valence-electron chi connectivity index (χ3n) is 4.70. The van der Waals surface area contributed by atoms with Crippen LogP contribution in [0.2, 0.25) is 10.0 Å². The van der Waals surface area contributed by atoms with E-state index in [1.54, 1.807) is 25.3 Å². The van der Waals surface area contributed by atoms with Gasteiger partial charge in [-0.3, -0.25) is 4.79 Å². The first-order valence-electron chi connectivity index (χ1n) is 9.89. The van der Waals surface area contributed by atoms with Crippen LogP contribution < -0.4 is 14.8 Å². The highest BCUT2D eigenvalue weighted by Gasteiger charge is 2.13. The number of nitrogens with one attached hydrogen (secondary N) is 1. The molecule has 0 radical (unpaired) electrons. The quantitative estimate of drug-likeness (QED) is 0.155. The number of carbonyl (C=O) groups excluding carboxylic acids is 1. The Bertz CT molecular complexity index is 1250. The Labute approximate surface area is 235 Å². The minimum atomic E-state index is -0.443. The average Bonchev–Trinajstić information content (AvgIpc) is 2.82. The number of benzene rings is 3. The van der Waals surface area contributed by atoms with Crippen molar-refractivity contribution in [2.75, 3.05) is 7.11 Å². The Morgan fingerprint density at radius 3 is 2.35 bits per heavy atom. The van der Waals surface area contributed by atoms with E-state index in [1.165, 1.54) is 0 Å². The third kappa shape index (κ3) is 7.25. The van der Waals surface area contributed by atoms with Gasteiger partial charge in [0, 0.05) is 22.2 Å². The predicted molar refractivity (Wildman–Crippen MR) is 151 cm³/mol. The molecule has 0 spiro atoms. The second kappa shape index (κ2) is 12.6. The van der Waals surface area contributed by atoms with Crippen molar-refractivity contribution in [3.8, 4) is 17.6 Å². The Kier molecular flexibility index (Phi) is 9.88. The summed E-state index contributed by atoms with van der Waals surface area (Å²) in [6, 6.07) is 18.3. The summed E-state index contributed by atoms with van der Waals surface area (Å²) in [4.78, 5) is 12.6. The fourth-order valence-corrected chi connectivity index (χ4v) is 5.52. The maximum atomic E-state index is 12.6. The number of hydrogen-bond donors (Lipinski definition) is 1. The molecule has 0 aliphatic rings. The number of halogens is 4. The van der Waals surface area contributed by atoms with Gasteiger partial charge in [-0.2, -0.15) is 5.26 Å². The van der Waals surface area contributed by atoms with Gasteiger partial charge in [-0.05, 0) is 98.8 Å². The number of rotatable bonds is 8. The molecule has 3 aromatic rings. The summed E-state index contributed by atoms with van der Waals surface area (Å²) < 4.78 is 12.8. The fraction of sp³-hybridized carbons (Fsp3) is 0.120. The predicted octanol–water partition coefficient (Wildman–Crippen LogP) is 7.01. The molecule has 5 nitrogen and oxygen atoms in total. The van der Waals surface area contributed by atoms with Crippen molar-refractivity contribution >= 4 is 80.4 Å². The zero-order valence-electron chi connectivity index (χ0n) is 17.9. The molecule has 0 bridgehead atoms. The molecule has 1 amide bonds. The molecule has 0 atom stereocenters. The van der Waals surface area contributed by atoms with Crippen LogP contribution in [0, 0.1) is 18.5 Å².